The van der Waals surface area contributed by atoms with Crippen LogP contribution in [0, 0.1) is 0 Å². The van der Waals surface area contributed by atoms with E-state index in [9.17, 15) is 4.79 Å². The fourth-order valence-electron chi connectivity index (χ4n) is 3.16. The van der Waals surface area contributed by atoms with Crippen LogP contribution in [0.15, 0.2) is 48.5 Å². The summed E-state index contributed by atoms with van der Waals surface area (Å²) in [6, 6.07) is 15.7. The maximum Gasteiger partial charge on any atom is 0.226 e. The Hall–Kier alpha value is -3.06. The Morgan fingerprint density at radius 3 is 2.81 bits per heavy atom. The number of benzene rings is 2. The van der Waals surface area contributed by atoms with E-state index < -0.39 is 0 Å². The first-order valence-electron chi connectivity index (χ1n) is 8.54. The SMILES string of the molecule is COc1ccc([C@H]2CC(=O)Nc3nc(N)sc32)cc1OCc1ccccc1. The van der Waals surface area contributed by atoms with E-state index in [1.54, 1.807) is 7.11 Å². The Labute approximate surface area is 161 Å². The first kappa shape index (κ1) is 17.4. The van der Waals surface area contributed by atoms with Crippen LogP contribution in [0.3, 0.4) is 0 Å². The van der Waals surface area contributed by atoms with Gasteiger partial charge in [0.2, 0.25) is 5.91 Å². The maximum atomic E-state index is 12.1. The molecule has 0 aliphatic carbocycles. The number of nitrogen functional groups attached to an aromatic ring is 1. The van der Waals surface area contributed by atoms with Gasteiger partial charge >= 0.3 is 0 Å². The van der Waals surface area contributed by atoms with Gasteiger partial charge in [0.15, 0.2) is 16.6 Å². The maximum absolute atomic E-state index is 12.1. The van der Waals surface area contributed by atoms with E-state index in [4.69, 9.17) is 15.2 Å². The lowest BCUT2D eigenvalue weighted by molar-refractivity contribution is -0.116. The molecule has 6 nitrogen and oxygen atoms in total. The van der Waals surface area contributed by atoms with Crippen molar-refractivity contribution in [3.05, 3.63) is 64.5 Å². The van der Waals surface area contributed by atoms with Crippen LogP contribution in [0.1, 0.15) is 28.3 Å². The number of hydrogen-bond donors (Lipinski definition) is 2. The van der Waals surface area contributed by atoms with Crippen LogP contribution in [0.4, 0.5) is 10.9 Å². The number of thiazole rings is 1. The summed E-state index contributed by atoms with van der Waals surface area (Å²) in [4.78, 5) is 17.3. The Morgan fingerprint density at radius 2 is 2.04 bits per heavy atom. The smallest absolute Gasteiger partial charge is 0.226 e. The number of hydrogen-bond acceptors (Lipinski definition) is 6. The highest BCUT2D eigenvalue weighted by Gasteiger charge is 2.30. The molecule has 0 radical (unpaired) electrons. The first-order valence-corrected chi connectivity index (χ1v) is 9.36. The average Bonchev–Trinajstić information content (AvgIpc) is 3.06. The van der Waals surface area contributed by atoms with Crippen molar-refractivity contribution >= 4 is 28.2 Å². The number of methoxy groups -OCH3 is 1. The molecule has 3 aromatic rings. The summed E-state index contributed by atoms with van der Waals surface area (Å²) in [5.41, 5.74) is 7.88. The van der Waals surface area contributed by atoms with Gasteiger partial charge in [0, 0.05) is 12.3 Å². The summed E-state index contributed by atoms with van der Waals surface area (Å²) < 4.78 is 11.4. The van der Waals surface area contributed by atoms with E-state index in [1.807, 2.05) is 48.5 Å². The van der Waals surface area contributed by atoms with Gasteiger partial charge in [-0.2, -0.15) is 0 Å². The van der Waals surface area contributed by atoms with Crippen molar-refractivity contribution in [1.29, 1.82) is 0 Å². The molecule has 27 heavy (non-hydrogen) atoms. The lowest BCUT2D eigenvalue weighted by Gasteiger charge is -2.22. The lowest BCUT2D eigenvalue weighted by Crippen LogP contribution is -2.22. The fraction of sp³-hybridized carbons (Fsp3) is 0.200. The number of amides is 1. The van der Waals surface area contributed by atoms with Crippen LogP contribution in [0.5, 0.6) is 11.5 Å². The van der Waals surface area contributed by atoms with Gasteiger partial charge in [-0.05, 0) is 23.3 Å². The Balaban J connectivity index is 1.65. The number of fused-ring (bicyclic) bond motifs is 1. The highest BCUT2D eigenvalue weighted by molar-refractivity contribution is 7.16. The zero-order chi connectivity index (χ0) is 18.8. The second-order valence-corrected chi connectivity index (χ2v) is 7.32. The average molecular weight is 381 g/mol. The van der Waals surface area contributed by atoms with E-state index >= 15 is 0 Å². The summed E-state index contributed by atoms with van der Waals surface area (Å²) in [7, 11) is 1.61. The molecule has 0 fully saturated rings. The molecule has 1 atom stereocenters. The van der Waals surface area contributed by atoms with Gasteiger partial charge < -0.3 is 20.5 Å². The molecule has 2 heterocycles. The van der Waals surface area contributed by atoms with Crippen molar-refractivity contribution in [2.45, 2.75) is 18.9 Å². The number of nitrogens with two attached hydrogens (primary N) is 1. The summed E-state index contributed by atoms with van der Waals surface area (Å²) in [6.07, 6.45) is 0.346. The molecule has 7 heteroatoms. The second kappa shape index (κ2) is 7.28. The van der Waals surface area contributed by atoms with Gasteiger partial charge in [-0.15, -0.1) is 0 Å². The van der Waals surface area contributed by atoms with Crippen molar-refractivity contribution in [2.24, 2.45) is 0 Å². The van der Waals surface area contributed by atoms with Crippen LogP contribution in [0.25, 0.3) is 0 Å². The minimum absolute atomic E-state index is 0.0691. The molecule has 0 spiro atoms. The van der Waals surface area contributed by atoms with Crippen molar-refractivity contribution in [2.75, 3.05) is 18.2 Å². The van der Waals surface area contributed by atoms with Crippen LogP contribution in [-0.4, -0.2) is 18.0 Å². The molecule has 0 bridgehead atoms. The van der Waals surface area contributed by atoms with Crippen molar-refractivity contribution in [3.63, 3.8) is 0 Å². The van der Waals surface area contributed by atoms with Crippen molar-refractivity contribution in [1.82, 2.24) is 4.98 Å². The monoisotopic (exact) mass is 381 g/mol. The number of aromatic nitrogens is 1. The van der Waals surface area contributed by atoms with E-state index in [2.05, 4.69) is 10.3 Å². The standard InChI is InChI=1S/C20H19N3O3S/c1-25-15-8-7-13(9-16(15)26-11-12-5-3-2-4-6-12)14-10-17(24)22-19-18(14)27-20(21)23-19/h2-9,14H,10-11H2,1H3,(H2,21,23)(H,22,24)/t14-/m1/s1. The summed E-state index contributed by atoms with van der Waals surface area (Å²) in [5, 5.41) is 3.23. The number of nitrogens with one attached hydrogen (secondary N) is 1. The van der Waals surface area contributed by atoms with Crippen LogP contribution in [0.2, 0.25) is 0 Å². The zero-order valence-electron chi connectivity index (χ0n) is 14.8. The van der Waals surface area contributed by atoms with Gasteiger partial charge in [0.1, 0.15) is 12.4 Å². The van der Waals surface area contributed by atoms with Gasteiger partial charge in [0.05, 0.1) is 12.0 Å². The van der Waals surface area contributed by atoms with Crippen LogP contribution < -0.4 is 20.5 Å². The third-order valence-electron chi connectivity index (χ3n) is 4.46. The zero-order valence-corrected chi connectivity index (χ0v) is 15.6. The normalized spacial score (nSPS) is 15.7. The molecule has 2 aromatic carbocycles. The molecule has 1 amide bonds. The summed E-state index contributed by atoms with van der Waals surface area (Å²) >= 11 is 1.40. The van der Waals surface area contributed by atoms with Gasteiger partial charge in [-0.25, -0.2) is 4.98 Å². The van der Waals surface area contributed by atoms with E-state index in [0.29, 0.717) is 35.5 Å². The number of nitrogens with zero attached hydrogens (tertiary/aromatic N) is 1. The predicted octanol–water partition coefficient (Wildman–Crippen LogP) is 3.79. The Morgan fingerprint density at radius 1 is 1.22 bits per heavy atom. The minimum atomic E-state index is -0.103. The van der Waals surface area contributed by atoms with Crippen molar-refractivity contribution < 1.29 is 14.3 Å². The molecular formula is C20H19N3O3S. The Bertz CT molecular complexity index is 972. The van der Waals surface area contributed by atoms with Gasteiger partial charge in [-0.3, -0.25) is 4.79 Å². The number of anilines is 2. The highest BCUT2D eigenvalue weighted by Crippen LogP contribution is 2.43. The molecule has 138 valence electrons. The van der Waals surface area contributed by atoms with Gasteiger partial charge in [-0.1, -0.05) is 47.7 Å². The molecule has 1 aliphatic heterocycles. The molecule has 1 aromatic heterocycles. The molecular weight excluding hydrogens is 362 g/mol. The molecule has 0 unspecified atom stereocenters. The van der Waals surface area contributed by atoms with E-state index in [-0.39, 0.29) is 11.8 Å². The largest absolute Gasteiger partial charge is 0.493 e. The topological polar surface area (TPSA) is 86.5 Å². The Kier molecular flexibility index (Phi) is 4.68. The fourth-order valence-corrected chi connectivity index (χ4v) is 4.08. The molecule has 0 saturated carbocycles. The molecule has 0 saturated heterocycles. The molecule has 1 aliphatic rings. The lowest BCUT2D eigenvalue weighted by atomic mass is 9.91. The molecule has 3 N–H and O–H groups in total. The summed E-state index contributed by atoms with van der Waals surface area (Å²) in [6.45, 7) is 0.435. The van der Waals surface area contributed by atoms with Crippen molar-refractivity contribution in [3.8, 4) is 11.5 Å². The first-order chi connectivity index (χ1) is 13.1. The highest BCUT2D eigenvalue weighted by atomic mass is 32.1. The van der Waals surface area contributed by atoms with E-state index in [0.717, 1.165) is 16.0 Å². The van der Waals surface area contributed by atoms with E-state index in [1.165, 1.54) is 11.3 Å². The second-order valence-electron chi connectivity index (χ2n) is 6.25. The third kappa shape index (κ3) is 3.59. The number of rotatable bonds is 5. The number of ether oxygens (including phenoxy) is 2. The van der Waals surface area contributed by atoms with Crippen LogP contribution >= 0.6 is 11.3 Å². The quantitative estimate of drug-likeness (QED) is 0.702. The number of carbonyl (C=O) groups excluding carboxylic acids is 1. The van der Waals surface area contributed by atoms with Crippen LogP contribution in [-0.2, 0) is 11.4 Å². The predicted molar refractivity (Wildman–Crippen MR) is 105 cm³/mol. The minimum Gasteiger partial charge on any atom is -0.493 e. The van der Waals surface area contributed by atoms with Gasteiger partial charge in [0.25, 0.3) is 0 Å². The third-order valence-corrected chi connectivity index (χ3v) is 5.46. The number of carbonyl (C=O) groups is 1. The summed E-state index contributed by atoms with van der Waals surface area (Å²) in [5.74, 6) is 1.68. The molecule has 4 rings (SSSR count).